The van der Waals surface area contributed by atoms with Gasteiger partial charge in [0, 0.05) is 40.7 Å². The molecular formula is C14H25N3O4. The summed E-state index contributed by atoms with van der Waals surface area (Å²) in [7, 11) is 4.95. The second-order valence-corrected chi connectivity index (χ2v) is 5.79. The van der Waals surface area contributed by atoms with Crippen molar-refractivity contribution < 1.29 is 19.5 Å². The first-order valence-electron chi connectivity index (χ1n) is 7.23. The van der Waals surface area contributed by atoms with Crippen molar-refractivity contribution in [2.75, 3.05) is 40.8 Å². The lowest BCUT2D eigenvalue weighted by Gasteiger charge is -2.34. The zero-order chi connectivity index (χ0) is 16.0. The van der Waals surface area contributed by atoms with Crippen molar-refractivity contribution in [3.05, 3.63) is 0 Å². The summed E-state index contributed by atoms with van der Waals surface area (Å²) in [6.45, 7) is 1.33. The summed E-state index contributed by atoms with van der Waals surface area (Å²) in [6.07, 6.45) is 2.52. The Morgan fingerprint density at radius 3 is 2.19 bits per heavy atom. The molecule has 7 heteroatoms. The van der Waals surface area contributed by atoms with Gasteiger partial charge in [-0.15, -0.1) is 0 Å². The Kier molecular flexibility index (Phi) is 6.45. The standard InChI is InChI=1S/C14H25N3O4/c1-15(2)12(18)10-16(3)14(21)17-8-6-11(7-9-17)4-5-13(19)20/h11H,4-10H2,1-3H3,(H,19,20). The van der Waals surface area contributed by atoms with Crippen molar-refractivity contribution in [2.45, 2.75) is 25.7 Å². The fourth-order valence-corrected chi connectivity index (χ4v) is 2.39. The SMILES string of the molecule is CN(C)C(=O)CN(C)C(=O)N1CCC(CCC(=O)O)CC1. The monoisotopic (exact) mass is 299 g/mol. The summed E-state index contributed by atoms with van der Waals surface area (Å²) in [6, 6.07) is -0.137. The first kappa shape index (κ1) is 17.3. The maximum atomic E-state index is 12.2. The molecule has 0 unspecified atom stereocenters. The molecule has 120 valence electrons. The quantitative estimate of drug-likeness (QED) is 0.810. The second-order valence-electron chi connectivity index (χ2n) is 5.79. The minimum absolute atomic E-state index is 0.0742. The van der Waals surface area contributed by atoms with Gasteiger partial charge in [-0.3, -0.25) is 9.59 Å². The number of rotatable bonds is 5. The van der Waals surface area contributed by atoms with E-state index in [4.69, 9.17) is 5.11 Å². The number of carboxylic acids is 1. The molecule has 1 saturated heterocycles. The van der Waals surface area contributed by atoms with Gasteiger partial charge in [0.15, 0.2) is 0 Å². The molecule has 1 aliphatic heterocycles. The summed E-state index contributed by atoms with van der Waals surface area (Å²) < 4.78 is 0. The van der Waals surface area contributed by atoms with Gasteiger partial charge in [0.1, 0.15) is 6.54 Å². The number of likely N-dealkylation sites (N-methyl/N-ethyl adjacent to an activating group) is 2. The van der Waals surface area contributed by atoms with Gasteiger partial charge >= 0.3 is 12.0 Å². The Morgan fingerprint density at radius 2 is 1.71 bits per heavy atom. The Balaban J connectivity index is 2.37. The molecule has 1 rings (SSSR count). The van der Waals surface area contributed by atoms with E-state index in [1.807, 2.05) is 0 Å². The molecule has 1 heterocycles. The first-order valence-corrected chi connectivity index (χ1v) is 7.23. The van der Waals surface area contributed by atoms with E-state index in [1.165, 1.54) is 9.80 Å². The Bertz CT molecular complexity index is 390. The molecule has 0 aromatic heterocycles. The molecule has 1 fully saturated rings. The topological polar surface area (TPSA) is 81.2 Å². The van der Waals surface area contributed by atoms with Crippen LogP contribution in [0.3, 0.4) is 0 Å². The molecule has 1 aliphatic rings. The Labute approximate surface area is 125 Å². The number of aliphatic carboxylic acids is 1. The number of carbonyl (C=O) groups is 3. The van der Waals surface area contributed by atoms with Crippen LogP contribution in [0.2, 0.25) is 0 Å². The number of amides is 3. The van der Waals surface area contributed by atoms with Crippen LogP contribution in [0.1, 0.15) is 25.7 Å². The zero-order valence-electron chi connectivity index (χ0n) is 13.0. The molecule has 1 N–H and O–H groups in total. The summed E-state index contributed by atoms with van der Waals surface area (Å²) in [4.78, 5) is 39.0. The van der Waals surface area contributed by atoms with Gasteiger partial charge in [-0.1, -0.05) is 0 Å². The highest BCUT2D eigenvalue weighted by Crippen LogP contribution is 2.22. The lowest BCUT2D eigenvalue weighted by molar-refractivity contribution is -0.137. The molecule has 7 nitrogen and oxygen atoms in total. The van der Waals surface area contributed by atoms with Crippen LogP contribution in [0.15, 0.2) is 0 Å². The van der Waals surface area contributed by atoms with Crippen LogP contribution in [0.5, 0.6) is 0 Å². The number of hydrogen-bond acceptors (Lipinski definition) is 3. The van der Waals surface area contributed by atoms with Crippen molar-refractivity contribution in [1.82, 2.24) is 14.7 Å². The largest absolute Gasteiger partial charge is 0.481 e. The highest BCUT2D eigenvalue weighted by atomic mass is 16.4. The predicted octanol–water partition coefficient (Wildman–Crippen LogP) is 0.703. The highest BCUT2D eigenvalue weighted by molar-refractivity contribution is 5.83. The lowest BCUT2D eigenvalue weighted by Crippen LogP contribution is -2.48. The van der Waals surface area contributed by atoms with Crippen molar-refractivity contribution in [2.24, 2.45) is 5.92 Å². The van der Waals surface area contributed by atoms with Gasteiger partial charge in [-0.05, 0) is 25.2 Å². The van der Waals surface area contributed by atoms with Crippen LogP contribution < -0.4 is 0 Å². The van der Waals surface area contributed by atoms with Crippen LogP contribution >= 0.6 is 0 Å². The van der Waals surface area contributed by atoms with Gasteiger partial charge < -0.3 is 19.8 Å². The van der Waals surface area contributed by atoms with Gasteiger partial charge in [0.05, 0.1) is 0 Å². The van der Waals surface area contributed by atoms with E-state index in [0.717, 1.165) is 12.8 Å². The number of hydrogen-bond donors (Lipinski definition) is 1. The molecule has 0 radical (unpaired) electrons. The number of carboxylic acid groups (broad SMARTS) is 1. The molecule has 0 aromatic rings. The lowest BCUT2D eigenvalue weighted by atomic mass is 9.92. The number of carbonyl (C=O) groups excluding carboxylic acids is 2. The molecule has 0 saturated carbocycles. The smallest absolute Gasteiger partial charge is 0.320 e. The Morgan fingerprint density at radius 1 is 1.14 bits per heavy atom. The second kappa shape index (κ2) is 7.85. The van der Waals surface area contributed by atoms with Crippen molar-refractivity contribution in [3.63, 3.8) is 0 Å². The highest BCUT2D eigenvalue weighted by Gasteiger charge is 2.26. The molecule has 0 atom stereocenters. The predicted molar refractivity (Wildman–Crippen MR) is 77.9 cm³/mol. The maximum Gasteiger partial charge on any atom is 0.320 e. The van der Waals surface area contributed by atoms with Crippen LogP contribution in [0.4, 0.5) is 4.79 Å². The number of urea groups is 1. The summed E-state index contributed by atoms with van der Waals surface area (Å²) in [5, 5.41) is 8.68. The summed E-state index contributed by atoms with van der Waals surface area (Å²) in [5.74, 6) is -0.503. The molecule has 0 aliphatic carbocycles. The minimum Gasteiger partial charge on any atom is -0.481 e. The van der Waals surface area contributed by atoms with E-state index in [-0.39, 0.29) is 24.9 Å². The van der Waals surface area contributed by atoms with Gasteiger partial charge in [0.2, 0.25) is 5.91 Å². The van der Waals surface area contributed by atoms with Crippen molar-refractivity contribution >= 4 is 17.9 Å². The fourth-order valence-electron chi connectivity index (χ4n) is 2.39. The minimum atomic E-state index is -0.768. The van der Waals surface area contributed by atoms with Gasteiger partial charge in [0.25, 0.3) is 0 Å². The van der Waals surface area contributed by atoms with Gasteiger partial charge in [-0.25, -0.2) is 4.79 Å². The third kappa shape index (κ3) is 5.61. The average molecular weight is 299 g/mol. The van der Waals surface area contributed by atoms with E-state index in [9.17, 15) is 14.4 Å². The van der Waals surface area contributed by atoms with E-state index < -0.39 is 5.97 Å². The van der Waals surface area contributed by atoms with Crippen LogP contribution in [0, 0.1) is 5.92 Å². The van der Waals surface area contributed by atoms with E-state index in [1.54, 1.807) is 26.0 Å². The number of likely N-dealkylation sites (tertiary alicyclic amines) is 1. The summed E-state index contributed by atoms with van der Waals surface area (Å²) >= 11 is 0. The van der Waals surface area contributed by atoms with E-state index in [0.29, 0.717) is 25.4 Å². The van der Waals surface area contributed by atoms with Crippen molar-refractivity contribution in [1.29, 1.82) is 0 Å². The third-order valence-electron chi connectivity index (χ3n) is 3.85. The molecular weight excluding hydrogens is 274 g/mol. The Hall–Kier alpha value is -1.79. The van der Waals surface area contributed by atoms with Crippen LogP contribution in [-0.4, -0.2) is 78.5 Å². The fraction of sp³-hybridized carbons (Fsp3) is 0.786. The molecule has 0 bridgehead atoms. The van der Waals surface area contributed by atoms with E-state index >= 15 is 0 Å². The summed E-state index contributed by atoms with van der Waals surface area (Å²) in [5.41, 5.74) is 0. The zero-order valence-corrected chi connectivity index (χ0v) is 13.0. The normalized spacial score (nSPS) is 15.7. The number of piperidine rings is 1. The van der Waals surface area contributed by atoms with E-state index in [2.05, 4.69) is 0 Å². The molecule has 21 heavy (non-hydrogen) atoms. The molecule has 0 spiro atoms. The van der Waals surface area contributed by atoms with Gasteiger partial charge in [-0.2, -0.15) is 0 Å². The van der Waals surface area contributed by atoms with Crippen LogP contribution in [0.25, 0.3) is 0 Å². The molecule has 0 aromatic carbocycles. The maximum absolute atomic E-state index is 12.2. The number of nitrogens with zero attached hydrogens (tertiary/aromatic N) is 3. The van der Waals surface area contributed by atoms with Crippen LogP contribution in [-0.2, 0) is 9.59 Å². The first-order chi connectivity index (χ1) is 9.81. The third-order valence-corrected chi connectivity index (χ3v) is 3.85. The average Bonchev–Trinajstić information content (AvgIpc) is 2.44. The van der Waals surface area contributed by atoms with Crippen molar-refractivity contribution in [3.8, 4) is 0 Å². The molecule has 3 amide bonds.